The highest BCUT2D eigenvalue weighted by Crippen LogP contribution is 2.33. The van der Waals surface area contributed by atoms with Crippen LogP contribution in [0.1, 0.15) is 35.1 Å². The number of aromatic nitrogens is 1. The second-order valence-corrected chi connectivity index (χ2v) is 7.99. The maximum atomic E-state index is 12.4. The molecular formula is C26H29N3O3. The number of carbonyl (C=O) groups excluding carboxylic acids is 1. The predicted molar refractivity (Wildman–Crippen MR) is 128 cm³/mol. The van der Waals surface area contributed by atoms with Crippen molar-refractivity contribution in [3.63, 3.8) is 0 Å². The molecule has 6 heteroatoms. The van der Waals surface area contributed by atoms with Crippen molar-refractivity contribution in [1.29, 1.82) is 0 Å². The molecule has 3 rings (SSSR count). The van der Waals surface area contributed by atoms with Gasteiger partial charge < -0.3 is 14.8 Å². The number of amides is 1. The maximum absolute atomic E-state index is 12.4. The van der Waals surface area contributed by atoms with E-state index in [0.29, 0.717) is 34.7 Å². The number of carbonyl (C=O) groups is 1. The highest BCUT2D eigenvalue weighted by atomic mass is 16.4. The number of aryl methyl sites for hydroxylation is 2. The quantitative estimate of drug-likeness (QED) is 0.411. The Morgan fingerprint density at radius 3 is 2.75 bits per heavy atom. The van der Waals surface area contributed by atoms with E-state index in [1.54, 1.807) is 50.5 Å². The highest BCUT2D eigenvalue weighted by molar-refractivity contribution is 5.80. The van der Waals surface area contributed by atoms with Gasteiger partial charge in [-0.15, -0.1) is 0 Å². The van der Waals surface area contributed by atoms with Crippen molar-refractivity contribution in [3.05, 3.63) is 88.8 Å². The third-order valence-electron chi connectivity index (χ3n) is 5.41. The monoisotopic (exact) mass is 431 g/mol. The number of fused-ring (bicyclic) bond motifs is 1. The van der Waals surface area contributed by atoms with Crippen LogP contribution in [0.5, 0.6) is 0 Å². The van der Waals surface area contributed by atoms with Crippen molar-refractivity contribution >= 4 is 23.2 Å². The van der Waals surface area contributed by atoms with Crippen molar-refractivity contribution in [2.24, 2.45) is 4.99 Å². The molecule has 0 bridgehead atoms. The minimum Gasteiger partial charge on any atom is -0.456 e. The molecule has 0 saturated heterocycles. The number of aliphatic imine (C=N–C) groups is 1. The molecule has 0 fully saturated rings. The number of nitrogens with one attached hydrogen (secondary N) is 1. The lowest BCUT2D eigenvalue weighted by Gasteiger charge is -2.21. The van der Waals surface area contributed by atoms with Crippen molar-refractivity contribution in [3.8, 4) is 0 Å². The number of benzene rings is 1. The standard InChI is InChI=1S/C26H29N3O3/c1-6-20(11-12-27-5)26(4,31)24-15-22-23(32-24)10-9-21(29-22)14-25(30)28-16-19-8-7-17(2)13-18(19)3/h6-13,15,31H,1,14,16H2,2-5H3,(H,28,30)/b20-11+,27-12?. The summed E-state index contributed by atoms with van der Waals surface area (Å²) < 4.78 is 5.84. The average molecular weight is 432 g/mol. The van der Waals surface area contributed by atoms with Gasteiger partial charge in [0.25, 0.3) is 0 Å². The van der Waals surface area contributed by atoms with Crippen molar-refractivity contribution < 1.29 is 14.3 Å². The lowest BCUT2D eigenvalue weighted by molar-refractivity contribution is -0.120. The van der Waals surface area contributed by atoms with Gasteiger partial charge in [-0.1, -0.05) is 36.4 Å². The first-order valence-corrected chi connectivity index (χ1v) is 10.4. The van der Waals surface area contributed by atoms with E-state index in [1.165, 1.54) is 5.56 Å². The number of aliphatic hydroxyl groups is 1. The number of hydrogen-bond donors (Lipinski definition) is 2. The summed E-state index contributed by atoms with van der Waals surface area (Å²) in [6.07, 6.45) is 4.98. The van der Waals surface area contributed by atoms with Crippen LogP contribution < -0.4 is 5.32 Å². The summed E-state index contributed by atoms with van der Waals surface area (Å²) in [5.74, 6) is 0.232. The molecule has 3 aromatic rings. The Kier molecular flexibility index (Phi) is 7.05. The molecule has 166 valence electrons. The fourth-order valence-corrected chi connectivity index (χ4v) is 3.50. The maximum Gasteiger partial charge on any atom is 0.226 e. The molecule has 2 heterocycles. The van der Waals surface area contributed by atoms with E-state index in [4.69, 9.17) is 4.42 Å². The smallest absolute Gasteiger partial charge is 0.226 e. The number of pyridine rings is 1. The van der Waals surface area contributed by atoms with E-state index in [-0.39, 0.29) is 12.3 Å². The molecule has 0 aliphatic heterocycles. The summed E-state index contributed by atoms with van der Waals surface area (Å²) in [6.45, 7) is 9.95. The van der Waals surface area contributed by atoms with Gasteiger partial charge in [-0.2, -0.15) is 0 Å². The number of hydrogen-bond acceptors (Lipinski definition) is 5. The Labute approximate surface area is 188 Å². The third-order valence-corrected chi connectivity index (χ3v) is 5.41. The Hall–Kier alpha value is -3.51. The van der Waals surface area contributed by atoms with Gasteiger partial charge in [-0.05, 0) is 55.7 Å². The van der Waals surface area contributed by atoms with Crippen molar-refractivity contribution in [2.45, 2.75) is 39.3 Å². The predicted octanol–water partition coefficient (Wildman–Crippen LogP) is 4.32. The molecule has 0 aliphatic rings. The second kappa shape index (κ2) is 9.75. The summed E-state index contributed by atoms with van der Waals surface area (Å²) in [7, 11) is 1.65. The molecule has 0 radical (unpaired) electrons. The zero-order chi connectivity index (χ0) is 23.3. The molecule has 0 aliphatic carbocycles. The van der Waals surface area contributed by atoms with Crippen LogP contribution >= 0.6 is 0 Å². The molecule has 1 unspecified atom stereocenters. The molecule has 0 spiro atoms. The molecule has 0 saturated carbocycles. The highest BCUT2D eigenvalue weighted by Gasteiger charge is 2.30. The van der Waals surface area contributed by atoms with E-state index in [0.717, 1.165) is 11.1 Å². The van der Waals surface area contributed by atoms with Crippen LogP contribution in [0.3, 0.4) is 0 Å². The van der Waals surface area contributed by atoms with Crippen LogP contribution in [0, 0.1) is 13.8 Å². The molecule has 6 nitrogen and oxygen atoms in total. The minimum absolute atomic E-state index is 0.108. The van der Waals surface area contributed by atoms with E-state index in [2.05, 4.69) is 27.9 Å². The Balaban J connectivity index is 1.74. The van der Waals surface area contributed by atoms with Crippen LogP contribution in [-0.2, 0) is 23.4 Å². The molecule has 1 amide bonds. The normalized spacial score (nSPS) is 14.0. The van der Waals surface area contributed by atoms with E-state index < -0.39 is 5.60 Å². The van der Waals surface area contributed by atoms with E-state index in [1.807, 2.05) is 26.0 Å². The van der Waals surface area contributed by atoms with Gasteiger partial charge in [0.1, 0.15) is 16.9 Å². The topological polar surface area (TPSA) is 87.7 Å². The summed E-state index contributed by atoms with van der Waals surface area (Å²) >= 11 is 0. The Morgan fingerprint density at radius 1 is 1.28 bits per heavy atom. The van der Waals surface area contributed by atoms with Crippen molar-refractivity contribution in [1.82, 2.24) is 10.3 Å². The average Bonchev–Trinajstić information content (AvgIpc) is 3.18. The van der Waals surface area contributed by atoms with E-state index in [9.17, 15) is 9.90 Å². The van der Waals surface area contributed by atoms with Crippen LogP contribution in [0.4, 0.5) is 0 Å². The summed E-state index contributed by atoms with van der Waals surface area (Å²) in [4.78, 5) is 20.9. The largest absolute Gasteiger partial charge is 0.456 e. The summed E-state index contributed by atoms with van der Waals surface area (Å²) in [5, 5.41) is 14.0. The van der Waals surface area contributed by atoms with Gasteiger partial charge in [0, 0.05) is 25.9 Å². The fourth-order valence-electron chi connectivity index (χ4n) is 3.50. The van der Waals surface area contributed by atoms with Crippen LogP contribution in [-0.4, -0.2) is 29.3 Å². The summed E-state index contributed by atoms with van der Waals surface area (Å²) in [5.41, 5.74) is 4.33. The number of furan rings is 1. The zero-order valence-corrected chi connectivity index (χ0v) is 19.0. The first kappa shape index (κ1) is 23.2. The molecule has 2 aromatic heterocycles. The van der Waals surface area contributed by atoms with Gasteiger partial charge >= 0.3 is 0 Å². The lowest BCUT2D eigenvalue weighted by Crippen LogP contribution is -2.25. The van der Waals surface area contributed by atoms with Gasteiger partial charge in [0.15, 0.2) is 5.58 Å². The van der Waals surface area contributed by atoms with Crippen LogP contribution in [0.15, 0.2) is 70.1 Å². The molecular weight excluding hydrogens is 402 g/mol. The summed E-state index contributed by atoms with van der Waals surface area (Å²) in [6, 6.07) is 11.4. The molecule has 32 heavy (non-hydrogen) atoms. The van der Waals surface area contributed by atoms with Crippen LogP contribution in [0.2, 0.25) is 0 Å². The number of nitrogens with zero attached hydrogens (tertiary/aromatic N) is 2. The first-order valence-electron chi connectivity index (χ1n) is 10.4. The van der Waals surface area contributed by atoms with Gasteiger partial charge in [-0.3, -0.25) is 9.79 Å². The van der Waals surface area contributed by atoms with Crippen molar-refractivity contribution in [2.75, 3.05) is 7.05 Å². The molecule has 1 aromatic carbocycles. The second-order valence-electron chi connectivity index (χ2n) is 7.99. The zero-order valence-electron chi connectivity index (χ0n) is 19.0. The number of rotatable bonds is 8. The van der Waals surface area contributed by atoms with Crippen LogP contribution in [0.25, 0.3) is 11.1 Å². The Bertz CT molecular complexity index is 1200. The Morgan fingerprint density at radius 2 is 2.06 bits per heavy atom. The number of allylic oxidation sites excluding steroid dienone is 1. The minimum atomic E-state index is -1.40. The van der Waals surface area contributed by atoms with Gasteiger partial charge in [-0.25, -0.2) is 4.98 Å². The SMILES string of the molecule is C=C/C(=C\C=NC)C(C)(O)c1cc2nc(CC(=O)NCc3ccc(C)cc3C)ccc2o1. The lowest BCUT2D eigenvalue weighted by atomic mass is 9.93. The fraction of sp³-hybridized carbons (Fsp3) is 0.269. The van der Waals surface area contributed by atoms with E-state index >= 15 is 0 Å². The molecule has 1 atom stereocenters. The first-order chi connectivity index (χ1) is 15.2. The third kappa shape index (κ3) is 5.21. The molecule has 2 N–H and O–H groups in total. The van der Waals surface area contributed by atoms with Gasteiger partial charge in [0.05, 0.1) is 12.1 Å². The van der Waals surface area contributed by atoms with Gasteiger partial charge in [0.2, 0.25) is 5.91 Å².